The highest BCUT2D eigenvalue weighted by molar-refractivity contribution is 7.89. The number of aliphatic hydroxyl groups excluding tert-OH is 1. The summed E-state index contributed by atoms with van der Waals surface area (Å²) in [7, 11) is -3.94. The van der Waals surface area contributed by atoms with Crippen LogP contribution in [0.25, 0.3) is 0 Å². The van der Waals surface area contributed by atoms with Gasteiger partial charge in [-0.2, -0.15) is 0 Å². The number of carboxylic acids is 1. The average molecular weight is 315 g/mol. The van der Waals surface area contributed by atoms with Gasteiger partial charge < -0.3 is 10.2 Å². The van der Waals surface area contributed by atoms with Gasteiger partial charge in [-0.3, -0.25) is 0 Å². The van der Waals surface area contributed by atoms with E-state index in [1.165, 1.54) is 19.1 Å². The lowest BCUT2D eigenvalue weighted by Gasteiger charge is -2.29. The molecule has 6 nitrogen and oxygen atoms in total. The number of hydrogen-bond donors (Lipinski definition) is 3. The van der Waals surface area contributed by atoms with Gasteiger partial charge in [-0.05, 0) is 44.9 Å². The Morgan fingerprint density at radius 1 is 1.38 bits per heavy atom. The van der Waals surface area contributed by atoms with Crippen LogP contribution in [-0.4, -0.2) is 36.2 Å². The van der Waals surface area contributed by atoms with Gasteiger partial charge in [-0.25, -0.2) is 17.9 Å². The van der Waals surface area contributed by atoms with Crippen molar-refractivity contribution in [3.8, 4) is 0 Å². The first kappa shape index (κ1) is 17.6. The summed E-state index contributed by atoms with van der Waals surface area (Å²) in [4.78, 5) is 10.9. The second-order valence-electron chi connectivity index (χ2n) is 5.48. The molecule has 0 fully saturated rings. The first-order valence-corrected chi connectivity index (χ1v) is 8.08. The molecule has 0 aliphatic carbocycles. The molecule has 1 rings (SSSR count). The van der Waals surface area contributed by atoms with Crippen molar-refractivity contribution < 1.29 is 23.4 Å². The topological polar surface area (TPSA) is 104 Å². The summed E-state index contributed by atoms with van der Waals surface area (Å²) in [6.45, 7) is 6.38. The third-order valence-corrected chi connectivity index (χ3v) is 5.18. The predicted molar refractivity (Wildman–Crippen MR) is 78.9 cm³/mol. The van der Waals surface area contributed by atoms with Crippen molar-refractivity contribution in [1.82, 2.24) is 4.72 Å². The van der Waals surface area contributed by atoms with Crippen molar-refractivity contribution in [3.63, 3.8) is 0 Å². The van der Waals surface area contributed by atoms with Crippen molar-refractivity contribution in [2.24, 2.45) is 0 Å². The number of carbonyl (C=O) groups is 1. The van der Waals surface area contributed by atoms with E-state index in [-0.39, 0.29) is 10.5 Å². The molecule has 1 unspecified atom stereocenters. The number of carboxylic acid groups (broad SMARTS) is 1. The van der Waals surface area contributed by atoms with E-state index in [2.05, 4.69) is 4.72 Å². The number of aliphatic hydroxyl groups is 1. The van der Waals surface area contributed by atoms with Crippen molar-refractivity contribution in [3.05, 3.63) is 29.3 Å². The molecule has 0 heterocycles. The average Bonchev–Trinajstić information content (AvgIpc) is 2.36. The normalized spacial score (nSPS) is 14.0. The number of rotatable bonds is 6. The molecule has 1 aromatic rings. The monoisotopic (exact) mass is 315 g/mol. The summed E-state index contributed by atoms with van der Waals surface area (Å²) in [6, 6.07) is 4.01. The van der Waals surface area contributed by atoms with Crippen LogP contribution >= 0.6 is 0 Å². The fraction of sp³-hybridized carbons (Fsp3) is 0.500. The zero-order valence-electron chi connectivity index (χ0n) is 12.5. The molecule has 0 spiro atoms. The molecule has 0 saturated heterocycles. The number of hydrogen-bond acceptors (Lipinski definition) is 4. The Morgan fingerprint density at radius 3 is 2.38 bits per heavy atom. The van der Waals surface area contributed by atoms with E-state index in [4.69, 9.17) is 5.11 Å². The minimum absolute atomic E-state index is 0.0707. The number of aryl methyl sites for hydroxylation is 1. The maximum atomic E-state index is 12.5. The van der Waals surface area contributed by atoms with Gasteiger partial charge in [-0.15, -0.1) is 0 Å². The molecular formula is C14H21NO5S. The van der Waals surface area contributed by atoms with Crippen LogP contribution in [0.5, 0.6) is 0 Å². The van der Waals surface area contributed by atoms with Crippen molar-refractivity contribution in [1.29, 1.82) is 0 Å². The molecule has 118 valence electrons. The van der Waals surface area contributed by atoms with Gasteiger partial charge in [0.2, 0.25) is 10.0 Å². The smallest absolute Gasteiger partial charge is 0.335 e. The molecule has 7 heteroatoms. The highest BCUT2D eigenvalue weighted by Crippen LogP contribution is 2.21. The van der Waals surface area contributed by atoms with Crippen LogP contribution in [-0.2, 0) is 16.4 Å². The van der Waals surface area contributed by atoms with E-state index >= 15 is 0 Å². The quantitative estimate of drug-likeness (QED) is 0.736. The highest BCUT2D eigenvalue weighted by atomic mass is 32.2. The second kappa shape index (κ2) is 6.13. The predicted octanol–water partition coefficient (Wildman–Crippen LogP) is 1.38. The van der Waals surface area contributed by atoms with E-state index in [1.54, 1.807) is 20.8 Å². The van der Waals surface area contributed by atoms with Crippen molar-refractivity contribution in [2.75, 3.05) is 0 Å². The molecule has 3 N–H and O–H groups in total. The van der Waals surface area contributed by atoms with Gasteiger partial charge >= 0.3 is 5.97 Å². The maximum Gasteiger partial charge on any atom is 0.335 e. The Hall–Kier alpha value is -1.44. The van der Waals surface area contributed by atoms with Crippen LogP contribution in [0.4, 0.5) is 0 Å². The fourth-order valence-electron chi connectivity index (χ4n) is 1.72. The molecule has 1 atom stereocenters. The standard InChI is InChI=1S/C14H21NO5S/c1-5-10-6-7-11(13(17)18)8-12(10)21(19,20)15-14(3,4)9(2)16/h6-9,15-16H,5H2,1-4H3,(H,17,18). The van der Waals surface area contributed by atoms with Crippen LogP contribution in [0.2, 0.25) is 0 Å². The zero-order valence-corrected chi connectivity index (χ0v) is 13.4. The molecule has 21 heavy (non-hydrogen) atoms. The number of aromatic carboxylic acids is 1. The summed E-state index contributed by atoms with van der Waals surface area (Å²) < 4.78 is 27.4. The van der Waals surface area contributed by atoms with E-state index in [9.17, 15) is 18.3 Å². The number of sulfonamides is 1. The lowest BCUT2D eigenvalue weighted by molar-refractivity contribution is 0.0696. The SMILES string of the molecule is CCc1ccc(C(=O)O)cc1S(=O)(=O)NC(C)(C)C(C)O. The Kier molecular flexibility index (Phi) is 5.14. The summed E-state index contributed by atoms with van der Waals surface area (Å²) in [5, 5.41) is 18.6. The van der Waals surface area contributed by atoms with Crippen LogP contribution in [0, 0.1) is 0 Å². The molecule has 0 saturated carbocycles. The zero-order chi connectivity index (χ0) is 16.4. The first-order chi connectivity index (χ1) is 9.51. The van der Waals surface area contributed by atoms with Crippen molar-refractivity contribution >= 4 is 16.0 Å². The summed E-state index contributed by atoms with van der Waals surface area (Å²) in [5.41, 5.74) is -0.639. The van der Waals surface area contributed by atoms with Crippen LogP contribution in [0.15, 0.2) is 23.1 Å². The Balaban J connectivity index is 3.36. The molecule has 0 aromatic heterocycles. The van der Waals surface area contributed by atoms with Gasteiger partial charge in [-0.1, -0.05) is 13.0 Å². The van der Waals surface area contributed by atoms with Gasteiger partial charge in [0, 0.05) is 0 Å². The van der Waals surface area contributed by atoms with Crippen LogP contribution < -0.4 is 4.72 Å². The molecule has 0 radical (unpaired) electrons. The highest BCUT2D eigenvalue weighted by Gasteiger charge is 2.31. The third-order valence-electron chi connectivity index (χ3n) is 3.43. The van der Waals surface area contributed by atoms with E-state index in [1.807, 2.05) is 0 Å². The van der Waals surface area contributed by atoms with E-state index < -0.39 is 27.6 Å². The van der Waals surface area contributed by atoms with Gasteiger partial charge in [0.15, 0.2) is 0 Å². The molecule has 1 aromatic carbocycles. The number of nitrogens with one attached hydrogen (secondary N) is 1. The molecular weight excluding hydrogens is 294 g/mol. The molecule has 0 aliphatic rings. The van der Waals surface area contributed by atoms with E-state index in [0.29, 0.717) is 12.0 Å². The minimum Gasteiger partial charge on any atom is -0.478 e. The Bertz CT molecular complexity index is 635. The molecule has 0 amide bonds. The van der Waals surface area contributed by atoms with Crippen molar-refractivity contribution in [2.45, 2.75) is 50.7 Å². The largest absolute Gasteiger partial charge is 0.478 e. The van der Waals surface area contributed by atoms with E-state index in [0.717, 1.165) is 6.07 Å². The lowest BCUT2D eigenvalue weighted by atomic mass is 10.0. The maximum absolute atomic E-state index is 12.5. The van der Waals surface area contributed by atoms with Gasteiger partial charge in [0.1, 0.15) is 0 Å². The first-order valence-electron chi connectivity index (χ1n) is 6.59. The summed E-state index contributed by atoms with van der Waals surface area (Å²) in [6.07, 6.45) is -0.453. The van der Waals surface area contributed by atoms with Crippen LogP contribution in [0.3, 0.4) is 0 Å². The Morgan fingerprint density at radius 2 is 1.95 bits per heavy atom. The molecule has 0 bridgehead atoms. The summed E-state index contributed by atoms with van der Waals surface area (Å²) >= 11 is 0. The van der Waals surface area contributed by atoms with Gasteiger partial charge in [0.05, 0.1) is 22.1 Å². The number of benzene rings is 1. The van der Waals surface area contributed by atoms with Crippen LogP contribution in [0.1, 0.15) is 43.6 Å². The third kappa shape index (κ3) is 4.03. The summed E-state index contributed by atoms with van der Waals surface area (Å²) in [5.74, 6) is -1.19. The van der Waals surface area contributed by atoms with Gasteiger partial charge in [0.25, 0.3) is 0 Å². The minimum atomic E-state index is -3.94. The molecule has 0 aliphatic heterocycles. The fourth-order valence-corrected chi connectivity index (χ4v) is 3.53. The second-order valence-corrected chi connectivity index (χ2v) is 7.14. The Labute approximate surface area is 124 Å². The lowest BCUT2D eigenvalue weighted by Crippen LogP contribution is -2.50.